The summed E-state index contributed by atoms with van der Waals surface area (Å²) in [6, 6.07) is -1.16. The molecule has 2 N–H and O–H groups in total. The maximum Gasteiger partial charge on any atom is 0.322 e. The number of rotatable bonds is 6. The van der Waals surface area contributed by atoms with Gasteiger partial charge in [0.15, 0.2) is 0 Å². The Kier molecular flexibility index (Phi) is 4.87. The van der Waals surface area contributed by atoms with Gasteiger partial charge in [0, 0.05) is 26.7 Å². The van der Waals surface area contributed by atoms with Crippen LogP contribution in [0.2, 0.25) is 0 Å². The first-order valence-electron chi connectivity index (χ1n) is 5.28. The molecule has 1 heterocycles. The summed E-state index contributed by atoms with van der Waals surface area (Å²) in [5.41, 5.74) is 0. The van der Waals surface area contributed by atoms with Crippen molar-refractivity contribution < 1.29 is 28.2 Å². The minimum atomic E-state index is -3.65. The number of methoxy groups -OCH3 is 1. The fourth-order valence-electron chi connectivity index (χ4n) is 1.82. The zero-order valence-electron chi connectivity index (χ0n) is 9.57. The number of aliphatic hydroxyl groups is 1. The Morgan fingerprint density at radius 1 is 1.53 bits per heavy atom. The van der Waals surface area contributed by atoms with Gasteiger partial charge in [0.2, 0.25) is 10.0 Å². The molecule has 100 valence electrons. The van der Waals surface area contributed by atoms with Crippen molar-refractivity contribution in [1.29, 1.82) is 0 Å². The van der Waals surface area contributed by atoms with Crippen molar-refractivity contribution in [2.45, 2.75) is 25.0 Å². The van der Waals surface area contributed by atoms with E-state index in [1.54, 1.807) is 0 Å². The highest BCUT2D eigenvalue weighted by atomic mass is 32.2. The van der Waals surface area contributed by atoms with Gasteiger partial charge in [-0.05, 0) is 6.42 Å². The number of β-amino-alcohol motifs (C(OH)–C–C–N with tert-alkyl or cyclic N) is 1. The van der Waals surface area contributed by atoms with Crippen molar-refractivity contribution in [2.75, 3.05) is 26.0 Å². The van der Waals surface area contributed by atoms with Crippen LogP contribution in [0.4, 0.5) is 0 Å². The fourth-order valence-corrected chi connectivity index (χ4v) is 3.50. The van der Waals surface area contributed by atoms with Crippen LogP contribution in [0.1, 0.15) is 12.8 Å². The van der Waals surface area contributed by atoms with Crippen molar-refractivity contribution >= 4 is 16.0 Å². The Morgan fingerprint density at radius 3 is 2.71 bits per heavy atom. The largest absolute Gasteiger partial charge is 0.480 e. The van der Waals surface area contributed by atoms with E-state index in [1.165, 1.54) is 7.11 Å². The molecule has 0 amide bonds. The van der Waals surface area contributed by atoms with Gasteiger partial charge in [0.25, 0.3) is 0 Å². The minimum Gasteiger partial charge on any atom is -0.480 e. The molecule has 2 atom stereocenters. The third kappa shape index (κ3) is 3.63. The van der Waals surface area contributed by atoms with Gasteiger partial charge in [0.1, 0.15) is 6.04 Å². The second-order valence-electron chi connectivity index (χ2n) is 3.98. The molecule has 0 aromatic heterocycles. The van der Waals surface area contributed by atoms with Crippen molar-refractivity contribution in [3.8, 4) is 0 Å². The summed E-state index contributed by atoms with van der Waals surface area (Å²) in [6.45, 7) is 0.152. The molecule has 1 aliphatic heterocycles. The molecule has 17 heavy (non-hydrogen) atoms. The minimum absolute atomic E-state index is 0.0567. The van der Waals surface area contributed by atoms with Gasteiger partial charge in [0.05, 0.1) is 11.9 Å². The summed E-state index contributed by atoms with van der Waals surface area (Å²) in [5.74, 6) is -1.39. The van der Waals surface area contributed by atoms with Crippen LogP contribution in [-0.2, 0) is 19.6 Å². The number of carboxylic acid groups (broad SMARTS) is 1. The summed E-state index contributed by atoms with van der Waals surface area (Å²) in [5, 5.41) is 18.3. The van der Waals surface area contributed by atoms with Crippen molar-refractivity contribution in [3.63, 3.8) is 0 Å². The van der Waals surface area contributed by atoms with E-state index in [1.807, 2.05) is 0 Å². The average Bonchev–Trinajstić information content (AvgIpc) is 2.61. The van der Waals surface area contributed by atoms with Crippen LogP contribution in [0.25, 0.3) is 0 Å². The summed E-state index contributed by atoms with van der Waals surface area (Å²) in [6.07, 6.45) is -0.662. The number of aliphatic hydroxyl groups excluding tert-OH is 1. The lowest BCUT2D eigenvalue weighted by Gasteiger charge is -2.20. The van der Waals surface area contributed by atoms with Crippen molar-refractivity contribution in [3.05, 3.63) is 0 Å². The highest BCUT2D eigenvalue weighted by Gasteiger charge is 2.42. The maximum atomic E-state index is 11.9. The SMILES string of the molecule is COCCCS(=O)(=O)N1C[C@@H](O)C[C@H]1C(=O)O. The number of ether oxygens (including phenoxy) is 1. The molecule has 1 saturated heterocycles. The van der Waals surface area contributed by atoms with Gasteiger partial charge < -0.3 is 14.9 Å². The molecule has 0 bridgehead atoms. The predicted octanol–water partition coefficient (Wildman–Crippen LogP) is -1.13. The summed E-state index contributed by atoms with van der Waals surface area (Å²) < 4.78 is 29.3. The summed E-state index contributed by atoms with van der Waals surface area (Å²) >= 11 is 0. The zero-order valence-corrected chi connectivity index (χ0v) is 10.4. The maximum absolute atomic E-state index is 11.9. The number of hydrogen-bond donors (Lipinski definition) is 2. The zero-order chi connectivity index (χ0) is 13.1. The molecule has 0 radical (unpaired) electrons. The molecule has 1 aliphatic rings. The molecule has 0 spiro atoms. The summed E-state index contributed by atoms with van der Waals surface area (Å²) in [7, 11) is -2.18. The van der Waals surface area contributed by atoms with Gasteiger partial charge in [-0.2, -0.15) is 4.31 Å². The fraction of sp³-hybridized carbons (Fsp3) is 0.889. The van der Waals surface area contributed by atoms with Crippen LogP contribution in [0.15, 0.2) is 0 Å². The first kappa shape index (κ1) is 14.4. The van der Waals surface area contributed by atoms with E-state index in [4.69, 9.17) is 9.84 Å². The smallest absolute Gasteiger partial charge is 0.322 e. The molecule has 1 fully saturated rings. The van der Waals surface area contributed by atoms with Crippen LogP contribution < -0.4 is 0 Å². The average molecular weight is 267 g/mol. The van der Waals surface area contributed by atoms with Gasteiger partial charge >= 0.3 is 5.97 Å². The lowest BCUT2D eigenvalue weighted by Crippen LogP contribution is -2.41. The molecule has 0 saturated carbocycles. The quantitative estimate of drug-likeness (QED) is 0.590. The number of carboxylic acids is 1. The number of carbonyl (C=O) groups is 1. The molecule has 0 aliphatic carbocycles. The number of nitrogens with zero attached hydrogens (tertiary/aromatic N) is 1. The van der Waals surface area contributed by atoms with E-state index in [2.05, 4.69) is 0 Å². The Labute approximate surface area is 100 Å². The third-order valence-corrected chi connectivity index (χ3v) is 4.55. The van der Waals surface area contributed by atoms with Crippen molar-refractivity contribution in [2.24, 2.45) is 0 Å². The Morgan fingerprint density at radius 2 is 2.18 bits per heavy atom. The third-order valence-electron chi connectivity index (χ3n) is 2.63. The molecule has 0 unspecified atom stereocenters. The topological polar surface area (TPSA) is 104 Å². The van der Waals surface area contributed by atoms with Gasteiger partial charge in [-0.25, -0.2) is 8.42 Å². The van der Waals surface area contributed by atoms with Crippen molar-refractivity contribution in [1.82, 2.24) is 4.31 Å². The van der Waals surface area contributed by atoms with E-state index in [0.717, 1.165) is 4.31 Å². The first-order chi connectivity index (χ1) is 7.88. The molecular formula is C9H17NO6S. The summed E-state index contributed by atoms with van der Waals surface area (Å²) in [4.78, 5) is 10.9. The molecule has 0 aromatic carbocycles. The van der Waals surface area contributed by atoms with E-state index < -0.39 is 28.1 Å². The molecule has 1 rings (SSSR count). The predicted molar refractivity (Wildman–Crippen MR) is 59.0 cm³/mol. The van der Waals surface area contributed by atoms with Crippen LogP contribution >= 0.6 is 0 Å². The second kappa shape index (κ2) is 5.76. The lowest BCUT2D eigenvalue weighted by atomic mass is 10.2. The van der Waals surface area contributed by atoms with Gasteiger partial charge in [-0.1, -0.05) is 0 Å². The van der Waals surface area contributed by atoms with E-state index >= 15 is 0 Å². The molecular weight excluding hydrogens is 250 g/mol. The number of aliphatic carboxylic acids is 1. The first-order valence-corrected chi connectivity index (χ1v) is 6.88. The normalized spacial score (nSPS) is 26.2. The van der Waals surface area contributed by atoms with Crippen LogP contribution in [0.3, 0.4) is 0 Å². The standard InChI is InChI=1S/C9H17NO6S/c1-16-3-2-4-17(14,15)10-6-7(11)5-8(10)9(12)13/h7-8,11H,2-6H2,1H3,(H,12,13)/t7-,8-/m0/s1. The Hall–Kier alpha value is -0.700. The molecule has 7 nitrogen and oxygen atoms in total. The highest BCUT2D eigenvalue weighted by Crippen LogP contribution is 2.22. The monoisotopic (exact) mass is 267 g/mol. The lowest BCUT2D eigenvalue weighted by molar-refractivity contribution is -0.140. The Bertz CT molecular complexity index is 368. The second-order valence-corrected chi connectivity index (χ2v) is 6.02. The van der Waals surface area contributed by atoms with Crippen LogP contribution in [0, 0.1) is 0 Å². The molecule has 0 aromatic rings. The van der Waals surface area contributed by atoms with Crippen LogP contribution in [-0.4, -0.2) is 67.1 Å². The highest BCUT2D eigenvalue weighted by molar-refractivity contribution is 7.89. The number of hydrogen-bond acceptors (Lipinski definition) is 5. The van der Waals surface area contributed by atoms with E-state index in [0.29, 0.717) is 13.0 Å². The van der Waals surface area contributed by atoms with Gasteiger partial charge in [-0.15, -0.1) is 0 Å². The Balaban J connectivity index is 2.72. The molecule has 8 heteroatoms. The van der Waals surface area contributed by atoms with Gasteiger partial charge in [-0.3, -0.25) is 4.79 Å². The van der Waals surface area contributed by atoms with E-state index in [9.17, 15) is 18.3 Å². The van der Waals surface area contributed by atoms with E-state index in [-0.39, 0.29) is 18.7 Å². The number of sulfonamides is 1. The van der Waals surface area contributed by atoms with Crippen LogP contribution in [0.5, 0.6) is 0 Å².